The normalized spacial score (nSPS) is 17.9. The van der Waals surface area contributed by atoms with E-state index in [1.807, 2.05) is 0 Å². The molecule has 0 bridgehead atoms. The van der Waals surface area contributed by atoms with Crippen molar-refractivity contribution >= 4 is 27.5 Å². The van der Waals surface area contributed by atoms with Gasteiger partial charge in [0.2, 0.25) is 0 Å². The van der Waals surface area contributed by atoms with Crippen molar-refractivity contribution in [1.82, 2.24) is 4.31 Å². The predicted molar refractivity (Wildman–Crippen MR) is 55.4 cm³/mol. The summed E-state index contributed by atoms with van der Waals surface area (Å²) in [5.74, 6) is -0.398. The molecule has 0 aliphatic carbocycles. The standard InChI is InChI=1S/C9H8ClNO3S/c10-5-6-11-9(12)7-3-1-2-4-8(7)15(11,13)14/h1-4H,5-6H2. The Bertz CT molecular complexity index is 512. The molecular formula is C9H8ClNO3S. The molecule has 1 aliphatic heterocycles. The summed E-state index contributed by atoms with van der Waals surface area (Å²) < 4.78 is 24.5. The van der Waals surface area contributed by atoms with Crippen molar-refractivity contribution in [3.8, 4) is 0 Å². The molecule has 4 nitrogen and oxygen atoms in total. The summed E-state index contributed by atoms with van der Waals surface area (Å²) in [4.78, 5) is 11.8. The summed E-state index contributed by atoms with van der Waals surface area (Å²) in [6.07, 6.45) is 0. The summed E-state index contributed by atoms with van der Waals surface area (Å²) in [6, 6.07) is 6.16. The van der Waals surface area contributed by atoms with Gasteiger partial charge in [0.1, 0.15) is 4.90 Å². The second-order valence-corrected chi connectivity index (χ2v) is 5.28. The molecule has 1 aromatic carbocycles. The van der Waals surface area contributed by atoms with Crippen LogP contribution in [0.15, 0.2) is 29.2 Å². The molecule has 0 N–H and O–H groups in total. The first-order chi connectivity index (χ1) is 7.09. The summed E-state index contributed by atoms with van der Waals surface area (Å²) in [6.45, 7) is 0.0113. The quantitative estimate of drug-likeness (QED) is 0.733. The SMILES string of the molecule is O=C1c2ccccc2S(=O)(=O)N1CCCl. The highest BCUT2D eigenvalue weighted by Crippen LogP contribution is 2.29. The lowest BCUT2D eigenvalue weighted by atomic mass is 10.2. The van der Waals surface area contributed by atoms with Crippen LogP contribution < -0.4 is 0 Å². The fourth-order valence-corrected chi connectivity index (χ4v) is 3.37. The fourth-order valence-electron chi connectivity index (χ4n) is 1.53. The van der Waals surface area contributed by atoms with Crippen molar-refractivity contribution in [3.05, 3.63) is 29.8 Å². The number of alkyl halides is 1. The van der Waals surface area contributed by atoms with E-state index in [1.165, 1.54) is 12.1 Å². The number of hydrogen-bond donors (Lipinski definition) is 0. The predicted octanol–water partition coefficient (Wildman–Crippen LogP) is 1.07. The fraction of sp³-hybridized carbons (Fsp3) is 0.222. The van der Waals surface area contributed by atoms with Crippen molar-refractivity contribution in [2.45, 2.75) is 4.90 Å². The van der Waals surface area contributed by atoms with Crippen LogP contribution in [0.3, 0.4) is 0 Å². The Morgan fingerprint density at radius 2 is 1.93 bits per heavy atom. The molecule has 0 aromatic heterocycles. The Kier molecular flexibility index (Phi) is 2.44. The molecule has 0 fully saturated rings. The van der Waals surface area contributed by atoms with Crippen LogP contribution in [0.5, 0.6) is 0 Å². The van der Waals surface area contributed by atoms with Crippen molar-refractivity contribution in [1.29, 1.82) is 0 Å². The minimum absolute atomic E-state index is 0.0113. The molecule has 0 atom stereocenters. The molecule has 1 heterocycles. The van der Waals surface area contributed by atoms with E-state index >= 15 is 0 Å². The number of halogens is 1. The minimum Gasteiger partial charge on any atom is -0.268 e. The molecule has 80 valence electrons. The molecule has 0 unspecified atom stereocenters. The molecule has 0 spiro atoms. The molecule has 1 aliphatic rings. The average Bonchev–Trinajstić information content (AvgIpc) is 2.41. The summed E-state index contributed by atoms with van der Waals surface area (Å²) in [5, 5.41) is 0. The maximum Gasteiger partial charge on any atom is 0.269 e. The molecule has 0 saturated carbocycles. The molecule has 6 heteroatoms. The third-order valence-electron chi connectivity index (χ3n) is 2.20. The van der Waals surface area contributed by atoms with Gasteiger partial charge in [0.25, 0.3) is 15.9 Å². The van der Waals surface area contributed by atoms with E-state index in [0.29, 0.717) is 0 Å². The number of carbonyl (C=O) groups excluding carboxylic acids is 1. The number of nitrogens with zero attached hydrogens (tertiary/aromatic N) is 1. The number of fused-ring (bicyclic) bond motifs is 1. The Balaban J connectivity index is 2.60. The van der Waals surface area contributed by atoms with Gasteiger partial charge < -0.3 is 0 Å². The van der Waals surface area contributed by atoms with E-state index in [0.717, 1.165) is 4.31 Å². The van der Waals surface area contributed by atoms with Crippen LogP contribution in [0.4, 0.5) is 0 Å². The smallest absolute Gasteiger partial charge is 0.268 e. The molecule has 2 rings (SSSR count). The van der Waals surface area contributed by atoms with Crippen molar-refractivity contribution in [3.63, 3.8) is 0 Å². The van der Waals surface area contributed by atoms with Crippen LogP contribution in [-0.2, 0) is 10.0 Å². The summed E-state index contributed by atoms with van der Waals surface area (Å²) in [7, 11) is -3.66. The van der Waals surface area contributed by atoms with Gasteiger partial charge in [-0.15, -0.1) is 11.6 Å². The average molecular weight is 246 g/mol. The Hall–Kier alpha value is -1.07. The zero-order valence-corrected chi connectivity index (χ0v) is 9.25. The van der Waals surface area contributed by atoms with E-state index in [1.54, 1.807) is 12.1 Å². The Labute approximate surface area is 92.5 Å². The van der Waals surface area contributed by atoms with E-state index in [4.69, 9.17) is 11.6 Å². The van der Waals surface area contributed by atoms with Gasteiger partial charge in [0, 0.05) is 5.88 Å². The zero-order chi connectivity index (χ0) is 11.1. The van der Waals surface area contributed by atoms with Crippen LogP contribution in [0, 0.1) is 0 Å². The van der Waals surface area contributed by atoms with Crippen LogP contribution in [0.2, 0.25) is 0 Å². The second kappa shape index (κ2) is 3.50. The van der Waals surface area contributed by atoms with Gasteiger partial charge in [-0.2, -0.15) is 0 Å². The van der Waals surface area contributed by atoms with E-state index in [-0.39, 0.29) is 22.9 Å². The number of benzene rings is 1. The van der Waals surface area contributed by atoms with Gasteiger partial charge in [-0.25, -0.2) is 12.7 Å². The third-order valence-corrected chi connectivity index (χ3v) is 4.21. The van der Waals surface area contributed by atoms with Crippen molar-refractivity contribution in [2.24, 2.45) is 0 Å². The topological polar surface area (TPSA) is 54.5 Å². The zero-order valence-electron chi connectivity index (χ0n) is 7.68. The van der Waals surface area contributed by atoms with Gasteiger partial charge in [-0.1, -0.05) is 12.1 Å². The summed E-state index contributed by atoms with van der Waals surface area (Å²) in [5.41, 5.74) is 0.225. The maximum absolute atomic E-state index is 11.8. The number of carbonyl (C=O) groups is 1. The highest BCUT2D eigenvalue weighted by atomic mass is 35.5. The number of amides is 1. The monoisotopic (exact) mass is 245 g/mol. The van der Waals surface area contributed by atoms with Crippen LogP contribution >= 0.6 is 11.6 Å². The molecule has 0 radical (unpaired) electrons. The number of hydrogen-bond acceptors (Lipinski definition) is 3. The van der Waals surface area contributed by atoms with Crippen molar-refractivity contribution in [2.75, 3.05) is 12.4 Å². The van der Waals surface area contributed by atoms with Gasteiger partial charge in [-0.3, -0.25) is 4.79 Å². The molecule has 1 amide bonds. The highest BCUT2D eigenvalue weighted by molar-refractivity contribution is 7.90. The van der Waals surface area contributed by atoms with E-state index in [2.05, 4.69) is 0 Å². The van der Waals surface area contributed by atoms with E-state index in [9.17, 15) is 13.2 Å². The lowest BCUT2D eigenvalue weighted by Gasteiger charge is -2.12. The Morgan fingerprint density at radius 1 is 1.27 bits per heavy atom. The third kappa shape index (κ3) is 1.42. The molecule has 1 aromatic rings. The van der Waals surface area contributed by atoms with Crippen LogP contribution in [0.25, 0.3) is 0 Å². The van der Waals surface area contributed by atoms with Crippen LogP contribution in [0.1, 0.15) is 10.4 Å². The van der Waals surface area contributed by atoms with E-state index < -0.39 is 15.9 Å². The molecule has 0 saturated heterocycles. The van der Waals surface area contributed by atoms with Crippen LogP contribution in [-0.4, -0.2) is 31.1 Å². The summed E-state index contributed by atoms with van der Waals surface area (Å²) >= 11 is 5.46. The molecular weight excluding hydrogens is 238 g/mol. The number of sulfonamides is 1. The highest BCUT2D eigenvalue weighted by Gasteiger charge is 2.40. The molecule has 15 heavy (non-hydrogen) atoms. The first kappa shape index (κ1) is 10.4. The van der Waals surface area contributed by atoms with Gasteiger partial charge in [0.15, 0.2) is 0 Å². The van der Waals surface area contributed by atoms with Gasteiger partial charge >= 0.3 is 0 Å². The second-order valence-electron chi connectivity index (χ2n) is 3.07. The lowest BCUT2D eigenvalue weighted by Crippen LogP contribution is -2.31. The van der Waals surface area contributed by atoms with Gasteiger partial charge in [0.05, 0.1) is 12.1 Å². The van der Waals surface area contributed by atoms with Gasteiger partial charge in [-0.05, 0) is 12.1 Å². The van der Waals surface area contributed by atoms with Crippen molar-refractivity contribution < 1.29 is 13.2 Å². The maximum atomic E-state index is 11.8. The lowest BCUT2D eigenvalue weighted by molar-refractivity contribution is 0.0876. The minimum atomic E-state index is -3.66. The Morgan fingerprint density at radius 3 is 2.53 bits per heavy atom. The first-order valence-electron chi connectivity index (χ1n) is 4.31. The number of rotatable bonds is 2. The largest absolute Gasteiger partial charge is 0.269 e. The first-order valence-corrected chi connectivity index (χ1v) is 6.28.